The molecule has 1 heterocycles. The number of amides is 1. The van der Waals surface area contributed by atoms with Crippen LogP contribution >= 0.6 is 0 Å². The number of carbonyl (C=O) groups is 2. The maximum Gasteiger partial charge on any atom is 0.338 e. The van der Waals surface area contributed by atoms with Gasteiger partial charge in [0.15, 0.2) is 0 Å². The minimum atomic E-state index is -0.822. The Bertz CT molecular complexity index is 1400. The monoisotopic (exact) mass is 593 g/mol. The molecule has 3 aromatic carbocycles. The number of benzene rings is 3. The molecule has 230 valence electrons. The van der Waals surface area contributed by atoms with Gasteiger partial charge in [-0.25, -0.2) is 13.6 Å². The average Bonchev–Trinajstić information content (AvgIpc) is 3.43. The van der Waals surface area contributed by atoms with E-state index in [9.17, 15) is 18.4 Å². The van der Waals surface area contributed by atoms with Crippen LogP contribution in [0.5, 0.6) is 0 Å². The summed E-state index contributed by atoms with van der Waals surface area (Å²) in [5.41, 5.74) is 10.5. The van der Waals surface area contributed by atoms with Crippen molar-refractivity contribution in [1.29, 1.82) is 0 Å². The predicted octanol–water partition coefficient (Wildman–Crippen LogP) is 4.97. The number of hydrogen-bond donors (Lipinski definition) is 2. The van der Waals surface area contributed by atoms with Gasteiger partial charge >= 0.3 is 5.97 Å². The Morgan fingerprint density at radius 1 is 1.02 bits per heavy atom. The number of ether oxygens (including phenoxy) is 2. The highest BCUT2D eigenvalue weighted by molar-refractivity contribution is 5.98. The standard InChI is InChI=1S/C34H41F2N3O4/c1-4-23-7-5-8-24(13-23)19-38-20-32(31(37)16-25-14-28(35)18-29(36)15-25)43-34(41)27-12-22(2)11-26(17-27)33(40)39-10-6-9-30(39)21-42-3/h5,7-8,11-15,17-18,30-32,38H,4,6,9-10,16,19-21,37H2,1-3H3/t30-,31+,32-/m1/s1. The first kappa shape index (κ1) is 32.3. The Morgan fingerprint density at radius 2 is 1.74 bits per heavy atom. The highest BCUT2D eigenvalue weighted by atomic mass is 19.1. The maximum atomic E-state index is 13.9. The number of hydrogen-bond acceptors (Lipinski definition) is 6. The van der Waals surface area contributed by atoms with Crippen molar-refractivity contribution in [2.75, 3.05) is 26.8 Å². The molecule has 0 radical (unpaired) electrons. The van der Waals surface area contributed by atoms with Gasteiger partial charge in [0.05, 0.1) is 18.2 Å². The number of carbonyl (C=O) groups excluding carboxylic acids is 2. The lowest BCUT2D eigenvalue weighted by atomic mass is 10.0. The van der Waals surface area contributed by atoms with Crippen molar-refractivity contribution in [2.24, 2.45) is 5.73 Å². The largest absolute Gasteiger partial charge is 0.456 e. The molecule has 1 amide bonds. The molecule has 0 unspecified atom stereocenters. The first-order valence-electron chi connectivity index (χ1n) is 14.8. The molecule has 0 spiro atoms. The number of likely N-dealkylation sites (tertiary alicyclic amines) is 1. The van der Waals surface area contributed by atoms with Gasteiger partial charge in [-0.3, -0.25) is 4.79 Å². The Hall–Kier alpha value is -3.66. The van der Waals surface area contributed by atoms with Crippen molar-refractivity contribution >= 4 is 11.9 Å². The molecule has 0 saturated carbocycles. The topological polar surface area (TPSA) is 93.9 Å². The minimum Gasteiger partial charge on any atom is -0.456 e. The molecule has 3 N–H and O–H groups in total. The molecule has 0 bridgehead atoms. The van der Waals surface area contributed by atoms with E-state index < -0.39 is 29.7 Å². The van der Waals surface area contributed by atoms with Crippen LogP contribution in [0.2, 0.25) is 0 Å². The molecule has 4 rings (SSSR count). The number of aryl methyl sites for hydroxylation is 2. The van der Waals surface area contributed by atoms with Gasteiger partial charge in [0.2, 0.25) is 0 Å². The summed E-state index contributed by atoms with van der Waals surface area (Å²) in [4.78, 5) is 28.7. The summed E-state index contributed by atoms with van der Waals surface area (Å²) in [5.74, 6) is -2.19. The summed E-state index contributed by atoms with van der Waals surface area (Å²) < 4.78 is 39.0. The van der Waals surface area contributed by atoms with E-state index in [0.29, 0.717) is 30.8 Å². The molecular formula is C34H41F2N3O4. The van der Waals surface area contributed by atoms with E-state index in [1.165, 1.54) is 17.7 Å². The first-order valence-corrected chi connectivity index (χ1v) is 14.8. The van der Waals surface area contributed by atoms with Gasteiger partial charge in [-0.15, -0.1) is 0 Å². The molecule has 0 aliphatic carbocycles. The molecule has 1 aliphatic rings. The van der Waals surface area contributed by atoms with Crippen LogP contribution in [0, 0.1) is 18.6 Å². The Balaban J connectivity index is 1.51. The number of halogens is 2. The van der Waals surface area contributed by atoms with Gasteiger partial charge in [0, 0.05) is 44.4 Å². The van der Waals surface area contributed by atoms with Crippen LogP contribution in [0.15, 0.2) is 60.7 Å². The van der Waals surface area contributed by atoms with Gasteiger partial charge in [-0.05, 0) is 85.2 Å². The zero-order valence-electron chi connectivity index (χ0n) is 25.1. The number of rotatable bonds is 13. The number of nitrogens with one attached hydrogen (secondary N) is 1. The summed E-state index contributed by atoms with van der Waals surface area (Å²) in [7, 11) is 1.62. The highest BCUT2D eigenvalue weighted by Crippen LogP contribution is 2.22. The van der Waals surface area contributed by atoms with Gasteiger partial charge in [0.25, 0.3) is 5.91 Å². The number of nitrogens with zero attached hydrogens (tertiary/aromatic N) is 1. The zero-order valence-corrected chi connectivity index (χ0v) is 25.1. The lowest BCUT2D eigenvalue weighted by Crippen LogP contribution is -2.46. The summed E-state index contributed by atoms with van der Waals surface area (Å²) in [6.07, 6.45) is 1.94. The Kier molecular flexibility index (Phi) is 11.4. The fraction of sp³-hybridized carbons (Fsp3) is 0.412. The quantitative estimate of drug-likeness (QED) is 0.272. The Labute approximate surface area is 252 Å². The second-order valence-corrected chi connectivity index (χ2v) is 11.2. The SMILES string of the molecule is CCc1cccc(CNC[C@@H](OC(=O)c2cc(C)cc(C(=O)N3CCC[C@@H]3COC)c2)[C@@H](N)Cc2cc(F)cc(F)c2)c1. The smallest absolute Gasteiger partial charge is 0.338 e. The summed E-state index contributed by atoms with van der Waals surface area (Å²) in [6, 6.07) is 15.6. The van der Waals surface area contributed by atoms with Crippen LogP contribution in [-0.4, -0.2) is 61.8 Å². The van der Waals surface area contributed by atoms with E-state index in [-0.39, 0.29) is 30.5 Å². The van der Waals surface area contributed by atoms with Crippen molar-refractivity contribution < 1.29 is 27.8 Å². The molecule has 1 aliphatic heterocycles. The fourth-order valence-electron chi connectivity index (χ4n) is 5.60. The molecule has 7 nitrogen and oxygen atoms in total. The van der Waals surface area contributed by atoms with Crippen molar-refractivity contribution in [3.8, 4) is 0 Å². The highest BCUT2D eigenvalue weighted by Gasteiger charge is 2.30. The Morgan fingerprint density at radius 3 is 2.47 bits per heavy atom. The third kappa shape index (κ3) is 8.92. The predicted molar refractivity (Wildman–Crippen MR) is 162 cm³/mol. The first-order chi connectivity index (χ1) is 20.7. The van der Waals surface area contributed by atoms with Gasteiger partial charge in [-0.1, -0.05) is 31.2 Å². The van der Waals surface area contributed by atoms with E-state index in [0.717, 1.165) is 36.5 Å². The molecule has 43 heavy (non-hydrogen) atoms. The molecular weight excluding hydrogens is 552 g/mol. The van der Waals surface area contributed by atoms with Gasteiger partial charge < -0.3 is 25.4 Å². The third-order valence-corrected chi connectivity index (χ3v) is 7.76. The number of esters is 1. The molecule has 3 aromatic rings. The van der Waals surface area contributed by atoms with Crippen LogP contribution in [-0.2, 0) is 28.9 Å². The molecule has 9 heteroatoms. The normalized spacial score (nSPS) is 16.2. The average molecular weight is 594 g/mol. The maximum absolute atomic E-state index is 13.9. The van der Waals surface area contributed by atoms with Crippen molar-refractivity contribution in [1.82, 2.24) is 10.2 Å². The second-order valence-electron chi connectivity index (χ2n) is 11.2. The molecule has 3 atom stereocenters. The molecule has 1 fully saturated rings. The van der Waals surface area contributed by atoms with E-state index in [1.807, 2.05) is 19.1 Å². The summed E-state index contributed by atoms with van der Waals surface area (Å²) >= 11 is 0. The molecule has 1 saturated heterocycles. The van der Waals surface area contributed by atoms with Crippen LogP contribution in [0.4, 0.5) is 8.78 Å². The van der Waals surface area contributed by atoms with Crippen LogP contribution < -0.4 is 11.1 Å². The number of methoxy groups -OCH3 is 1. The lowest BCUT2D eigenvalue weighted by Gasteiger charge is -2.26. The fourth-order valence-corrected chi connectivity index (χ4v) is 5.60. The van der Waals surface area contributed by atoms with Crippen LogP contribution in [0.3, 0.4) is 0 Å². The molecule has 0 aromatic heterocycles. The van der Waals surface area contributed by atoms with Crippen LogP contribution in [0.1, 0.15) is 62.7 Å². The zero-order chi connectivity index (χ0) is 30.9. The second kappa shape index (κ2) is 15.2. The van der Waals surface area contributed by atoms with Crippen molar-refractivity contribution in [3.63, 3.8) is 0 Å². The van der Waals surface area contributed by atoms with Crippen molar-refractivity contribution in [3.05, 3.63) is 106 Å². The minimum absolute atomic E-state index is 0.00690. The van der Waals surface area contributed by atoms with Gasteiger partial charge in [-0.2, -0.15) is 0 Å². The van der Waals surface area contributed by atoms with Crippen LogP contribution in [0.25, 0.3) is 0 Å². The van der Waals surface area contributed by atoms with E-state index >= 15 is 0 Å². The van der Waals surface area contributed by atoms with E-state index in [1.54, 1.807) is 30.2 Å². The van der Waals surface area contributed by atoms with E-state index in [2.05, 4.69) is 24.4 Å². The third-order valence-electron chi connectivity index (χ3n) is 7.76. The van der Waals surface area contributed by atoms with Crippen molar-refractivity contribution in [2.45, 2.75) is 64.3 Å². The van der Waals surface area contributed by atoms with E-state index in [4.69, 9.17) is 15.2 Å². The lowest BCUT2D eigenvalue weighted by molar-refractivity contribution is 0.0238. The number of nitrogens with two attached hydrogens (primary N) is 1. The van der Waals surface area contributed by atoms with Gasteiger partial charge in [0.1, 0.15) is 17.7 Å². The summed E-state index contributed by atoms with van der Waals surface area (Å²) in [5, 5.41) is 3.32. The summed E-state index contributed by atoms with van der Waals surface area (Å²) in [6.45, 7) is 5.72.